The molecule has 4 heteroatoms. The van der Waals surface area contributed by atoms with Crippen LogP contribution in [0, 0.1) is 0 Å². The number of nitrogens with zero attached hydrogens (tertiary/aromatic N) is 2. The SMILES string of the molecule is Nc1nccnc1-c1cccc(OC2CC2)c1. The van der Waals surface area contributed by atoms with E-state index < -0.39 is 0 Å². The molecule has 0 saturated heterocycles. The second-order valence-corrected chi connectivity index (χ2v) is 4.14. The molecule has 0 amide bonds. The van der Waals surface area contributed by atoms with Crippen molar-refractivity contribution in [3.05, 3.63) is 36.7 Å². The van der Waals surface area contributed by atoms with Crippen LogP contribution in [0.4, 0.5) is 5.82 Å². The lowest BCUT2D eigenvalue weighted by atomic mass is 10.1. The molecule has 86 valence electrons. The molecule has 4 nitrogen and oxygen atoms in total. The van der Waals surface area contributed by atoms with Gasteiger partial charge in [-0.2, -0.15) is 0 Å². The highest BCUT2D eigenvalue weighted by molar-refractivity contribution is 5.70. The number of ether oxygens (including phenoxy) is 1. The van der Waals surface area contributed by atoms with Gasteiger partial charge in [0.15, 0.2) is 0 Å². The standard InChI is InChI=1S/C13H13N3O/c14-13-12(15-6-7-16-13)9-2-1-3-11(8-9)17-10-4-5-10/h1-3,6-8,10H,4-5H2,(H2,14,16). The first-order valence-corrected chi connectivity index (χ1v) is 5.66. The molecule has 1 aliphatic rings. The van der Waals surface area contributed by atoms with Crippen LogP contribution >= 0.6 is 0 Å². The van der Waals surface area contributed by atoms with Crippen molar-refractivity contribution in [1.29, 1.82) is 0 Å². The average Bonchev–Trinajstić information content (AvgIpc) is 3.14. The lowest BCUT2D eigenvalue weighted by molar-refractivity contribution is 0.303. The second kappa shape index (κ2) is 4.05. The van der Waals surface area contributed by atoms with Gasteiger partial charge in [0.05, 0.1) is 6.10 Å². The summed E-state index contributed by atoms with van der Waals surface area (Å²) in [4.78, 5) is 8.27. The highest BCUT2D eigenvalue weighted by atomic mass is 16.5. The van der Waals surface area contributed by atoms with Crippen molar-refractivity contribution in [3.63, 3.8) is 0 Å². The van der Waals surface area contributed by atoms with E-state index in [-0.39, 0.29) is 0 Å². The zero-order valence-electron chi connectivity index (χ0n) is 9.34. The topological polar surface area (TPSA) is 61.0 Å². The Morgan fingerprint density at radius 2 is 2.00 bits per heavy atom. The van der Waals surface area contributed by atoms with Crippen molar-refractivity contribution in [3.8, 4) is 17.0 Å². The van der Waals surface area contributed by atoms with Crippen molar-refractivity contribution >= 4 is 5.82 Å². The van der Waals surface area contributed by atoms with E-state index in [4.69, 9.17) is 10.5 Å². The van der Waals surface area contributed by atoms with Crippen LogP contribution < -0.4 is 10.5 Å². The molecule has 2 N–H and O–H groups in total. The first kappa shape index (κ1) is 10.1. The summed E-state index contributed by atoms with van der Waals surface area (Å²) in [5.41, 5.74) is 7.44. The molecule has 1 aromatic carbocycles. The Balaban J connectivity index is 1.94. The highest BCUT2D eigenvalue weighted by Crippen LogP contribution is 2.30. The van der Waals surface area contributed by atoms with E-state index in [2.05, 4.69) is 9.97 Å². The first-order valence-electron chi connectivity index (χ1n) is 5.66. The summed E-state index contributed by atoms with van der Waals surface area (Å²) in [7, 11) is 0. The van der Waals surface area contributed by atoms with E-state index in [1.165, 1.54) is 0 Å². The lowest BCUT2D eigenvalue weighted by Gasteiger charge is -2.07. The molecule has 0 aliphatic heterocycles. The Bertz CT molecular complexity index is 538. The Morgan fingerprint density at radius 1 is 1.18 bits per heavy atom. The molecule has 1 aliphatic carbocycles. The summed E-state index contributed by atoms with van der Waals surface area (Å²) in [6.45, 7) is 0. The summed E-state index contributed by atoms with van der Waals surface area (Å²) in [5.74, 6) is 1.31. The number of aromatic nitrogens is 2. The minimum atomic E-state index is 0.393. The van der Waals surface area contributed by atoms with Crippen molar-refractivity contribution in [2.75, 3.05) is 5.73 Å². The van der Waals surface area contributed by atoms with Crippen LogP contribution in [0.15, 0.2) is 36.7 Å². The predicted molar refractivity (Wildman–Crippen MR) is 65.5 cm³/mol. The number of hydrogen-bond acceptors (Lipinski definition) is 4. The van der Waals surface area contributed by atoms with Crippen LogP contribution in [0.3, 0.4) is 0 Å². The van der Waals surface area contributed by atoms with Crippen LogP contribution in [-0.4, -0.2) is 16.1 Å². The Labute approximate surface area is 99.5 Å². The largest absolute Gasteiger partial charge is 0.490 e. The summed E-state index contributed by atoms with van der Waals surface area (Å²) in [6, 6.07) is 7.81. The summed E-state index contributed by atoms with van der Waals surface area (Å²) < 4.78 is 5.74. The number of rotatable bonds is 3. The molecule has 0 atom stereocenters. The van der Waals surface area contributed by atoms with Crippen molar-refractivity contribution in [2.45, 2.75) is 18.9 Å². The van der Waals surface area contributed by atoms with Gasteiger partial charge in [-0.05, 0) is 25.0 Å². The van der Waals surface area contributed by atoms with Gasteiger partial charge in [-0.25, -0.2) is 4.98 Å². The van der Waals surface area contributed by atoms with Gasteiger partial charge in [0.25, 0.3) is 0 Å². The van der Waals surface area contributed by atoms with Crippen LogP contribution in [0.5, 0.6) is 5.75 Å². The number of benzene rings is 1. The number of anilines is 1. The summed E-state index contributed by atoms with van der Waals surface area (Å²) in [6.07, 6.45) is 5.92. The Morgan fingerprint density at radius 3 is 2.76 bits per heavy atom. The van der Waals surface area contributed by atoms with Gasteiger partial charge in [-0.1, -0.05) is 12.1 Å². The molecule has 17 heavy (non-hydrogen) atoms. The zero-order valence-corrected chi connectivity index (χ0v) is 9.34. The predicted octanol–water partition coefficient (Wildman–Crippen LogP) is 2.27. The third-order valence-corrected chi connectivity index (χ3v) is 2.66. The van der Waals surface area contributed by atoms with E-state index in [0.29, 0.717) is 17.6 Å². The van der Waals surface area contributed by atoms with Crippen molar-refractivity contribution < 1.29 is 4.74 Å². The Kier molecular flexibility index (Phi) is 2.40. The molecule has 2 aromatic rings. The monoisotopic (exact) mass is 227 g/mol. The van der Waals surface area contributed by atoms with Crippen molar-refractivity contribution in [1.82, 2.24) is 9.97 Å². The lowest BCUT2D eigenvalue weighted by Crippen LogP contribution is -1.98. The van der Waals surface area contributed by atoms with Gasteiger partial charge in [0.2, 0.25) is 0 Å². The van der Waals surface area contributed by atoms with Crippen LogP contribution in [0.25, 0.3) is 11.3 Å². The van der Waals surface area contributed by atoms with Gasteiger partial charge < -0.3 is 10.5 Å². The van der Waals surface area contributed by atoms with E-state index >= 15 is 0 Å². The van der Waals surface area contributed by atoms with Crippen molar-refractivity contribution in [2.24, 2.45) is 0 Å². The molecule has 0 spiro atoms. The number of nitrogen functional groups attached to an aromatic ring is 1. The van der Waals surface area contributed by atoms with Gasteiger partial charge in [0.1, 0.15) is 17.3 Å². The Hall–Kier alpha value is -2.10. The number of hydrogen-bond donors (Lipinski definition) is 1. The zero-order chi connectivity index (χ0) is 11.7. The van der Waals surface area contributed by atoms with Gasteiger partial charge in [-0.3, -0.25) is 4.98 Å². The third-order valence-electron chi connectivity index (χ3n) is 2.66. The quantitative estimate of drug-likeness (QED) is 0.873. The maximum atomic E-state index is 5.80. The minimum Gasteiger partial charge on any atom is -0.490 e. The van der Waals surface area contributed by atoms with Crippen LogP contribution in [0.2, 0.25) is 0 Å². The fraction of sp³-hybridized carbons (Fsp3) is 0.231. The molecule has 1 heterocycles. The first-order chi connectivity index (χ1) is 8.33. The summed E-state index contributed by atoms with van der Waals surface area (Å²) in [5, 5.41) is 0. The van der Waals surface area contributed by atoms with Gasteiger partial charge in [-0.15, -0.1) is 0 Å². The molecule has 0 unspecified atom stereocenters. The molecular formula is C13H13N3O. The molecule has 0 bridgehead atoms. The maximum Gasteiger partial charge on any atom is 0.149 e. The van der Waals surface area contributed by atoms with E-state index in [1.54, 1.807) is 12.4 Å². The fourth-order valence-corrected chi connectivity index (χ4v) is 1.67. The molecule has 3 rings (SSSR count). The normalized spacial score (nSPS) is 14.6. The molecule has 0 radical (unpaired) electrons. The highest BCUT2D eigenvalue weighted by Gasteiger charge is 2.23. The molecule has 1 fully saturated rings. The van der Waals surface area contributed by atoms with E-state index in [1.807, 2.05) is 24.3 Å². The van der Waals surface area contributed by atoms with Crippen LogP contribution in [0.1, 0.15) is 12.8 Å². The fourth-order valence-electron chi connectivity index (χ4n) is 1.67. The van der Waals surface area contributed by atoms with Crippen LogP contribution in [-0.2, 0) is 0 Å². The van der Waals surface area contributed by atoms with E-state index in [9.17, 15) is 0 Å². The number of nitrogens with two attached hydrogens (primary N) is 1. The average molecular weight is 227 g/mol. The third kappa shape index (κ3) is 2.20. The molecule has 1 aromatic heterocycles. The molecule has 1 saturated carbocycles. The van der Waals surface area contributed by atoms with E-state index in [0.717, 1.165) is 24.2 Å². The van der Waals surface area contributed by atoms with Gasteiger partial charge in [0, 0.05) is 18.0 Å². The maximum absolute atomic E-state index is 5.80. The second-order valence-electron chi connectivity index (χ2n) is 4.14. The minimum absolute atomic E-state index is 0.393. The smallest absolute Gasteiger partial charge is 0.149 e. The van der Waals surface area contributed by atoms with Gasteiger partial charge >= 0.3 is 0 Å². The summed E-state index contributed by atoms with van der Waals surface area (Å²) >= 11 is 0. The molecular weight excluding hydrogens is 214 g/mol.